The summed E-state index contributed by atoms with van der Waals surface area (Å²) in [6.07, 6.45) is 18.1. The smallest absolute Gasteiger partial charge is 0.0916 e. The molecule has 1 rings (SSSR count). The van der Waals surface area contributed by atoms with E-state index in [1.54, 1.807) is 0 Å². The Hall–Kier alpha value is -0.130. The van der Waals surface area contributed by atoms with Crippen molar-refractivity contribution < 1.29 is 17.9 Å². The number of likely N-dealkylation sites (tertiary alicyclic amines) is 1. The number of quaternary nitrogens is 1. The third-order valence-electron chi connectivity index (χ3n) is 4.82. The van der Waals surface area contributed by atoms with Gasteiger partial charge in [-0.3, -0.25) is 0 Å². The number of nitrogens with one attached hydrogen (secondary N) is 1. The molecule has 0 spiro atoms. The normalized spacial score (nSPS) is 21.2. The van der Waals surface area contributed by atoms with E-state index >= 15 is 0 Å². The topological polar surface area (TPSA) is 61.6 Å². The number of unbranched alkanes of at least 4 members (excludes halogenated alkanes) is 7. The average molecular weight is 364 g/mol. The van der Waals surface area contributed by atoms with Crippen LogP contribution in [0.25, 0.3) is 0 Å². The van der Waals surface area contributed by atoms with E-state index in [9.17, 15) is 0 Å². The molecular formula is C19H41NO3S. The van der Waals surface area contributed by atoms with Gasteiger partial charge < -0.3 is 9.45 Å². The van der Waals surface area contributed by atoms with E-state index in [1.807, 2.05) is 4.90 Å². The molecule has 2 atom stereocenters. The van der Waals surface area contributed by atoms with Crippen molar-refractivity contribution in [3.05, 3.63) is 0 Å². The molecule has 0 aromatic heterocycles. The Labute approximate surface area is 151 Å². The second-order valence-electron chi connectivity index (χ2n) is 7.43. The van der Waals surface area contributed by atoms with Gasteiger partial charge in [-0.2, -0.15) is 0 Å². The Balaban J connectivity index is 0.000000922. The first-order valence-electron chi connectivity index (χ1n) is 10.1. The molecule has 0 aromatic carbocycles. The lowest BCUT2D eigenvalue weighted by Crippen LogP contribution is -3.13. The summed E-state index contributed by atoms with van der Waals surface area (Å²) >= 11 is 0. The molecule has 2 unspecified atom stereocenters. The lowest BCUT2D eigenvalue weighted by molar-refractivity contribution is -0.909. The Bertz CT molecular complexity index is 363. The molecule has 0 radical (unpaired) electrons. The second-order valence-corrected chi connectivity index (χ2v) is 8.84. The summed E-state index contributed by atoms with van der Waals surface area (Å²) < 4.78 is 27.2. The molecule has 4 nitrogen and oxygen atoms in total. The van der Waals surface area contributed by atoms with Crippen molar-refractivity contribution in [3.8, 4) is 0 Å². The van der Waals surface area contributed by atoms with Crippen molar-refractivity contribution in [3.63, 3.8) is 0 Å². The Kier molecular flexibility index (Phi) is 15.1. The summed E-state index contributed by atoms with van der Waals surface area (Å²) in [6.45, 7) is 9.02. The van der Waals surface area contributed by atoms with E-state index in [2.05, 4.69) is 13.8 Å². The van der Waals surface area contributed by atoms with Crippen LogP contribution in [-0.2, 0) is 10.1 Å². The number of hydrogen-bond donors (Lipinski definition) is 1. The van der Waals surface area contributed by atoms with Crippen LogP contribution in [0.5, 0.6) is 0 Å². The molecule has 1 saturated heterocycles. The first-order valence-corrected chi connectivity index (χ1v) is 11.9. The summed E-state index contributed by atoms with van der Waals surface area (Å²) in [6, 6.07) is 0. The van der Waals surface area contributed by atoms with Crippen LogP contribution in [0.1, 0.15) is 90.9 Å². The van der Waals surface area contributed by atoms with Crippen molar-refractivity contribution in [2.75, 3.05) is 25.9 Å². The highest BCUT2D eigenvalue weighted by Crippen LogP contribution is 2.15. The van der Waals surface area contributed by atoms with E-state index in [1.165, 1.54) is 96.7 Å². The van der Waals surface area contributed by atoms with E-state index in [0.717, 1.165) is 5.92 Å². The Morgan fingerprint density at radius 3 is 2.08 bits per heavy atom. The zero-order valence-electron chi connectivity index (χ0n) is 16.3. The van der Waals surface area contributed by atoms with E-state index < -0.39 is 10.1 Å². The van der Waals surface area contributed by atoms with Crippen LogP contribution in [0.2, 0.25) is 0 Å². The second kappa shape index (κ2) is 15.2. The summed E-state index contributed by atoms with van der Waals surface area (Å²) in [5.41, 5.74) is 0. The molecular weight excluding hydrogens is 322 g/mol. The molecule has 1 aliphatic rings. The molecule has 1 aliphatic heterocycles. The van der Waals surface area contributed by atoms with Crippen LogP contribution in [-0.4, -0.2) is 38.9 Å². The molecule has 1 fully saturated rings. The van der Waals surface area contributed by atoms with Gasteiger partial charge in [0.05, 0.1) is 29.8 Å². The molecule has 1 N–H and O–H groups in total. The minimum Gasteiger partial charge on any atom is -0.748 e. The predicted molar refractivity (Wildman–Crippen MR) is 101 cm³/mol. The maximum absolute atomic E-state index is 9.08. The molecule has 24 heavy (non-hydrogen) atoms. The van der Waals surface area contributed by atoms with Crippen molar-refractivity contribution >= 4 is 10.1 Å². The van der Waals surface area contributed by atoms with Gasteiger partial charge in [-0.15, -0.1) is 0 Å². The van der Waals surface area contributed by atoms with Crippen LogP contribution in [0.4, 0.5) is 0 Å². The number of rotatable bonds is 11. The fourth-order valence-electron chi connectivity index (χ4n) is 3.55. The molecule has 146 valence electrons. The lowest BCUT2D eigenvalue weighted by atomic mass is 9.92. The van der Waals surface area contributed by atoms with Gasteiger partial charge in [-0.1, -0.05) is 58.8 Å². The molecule has 0 saturated carbocycles. The highest BCUT2D eigenvalue weighted by molar-refractivity contribution is 7.84. The standard InChI is InChI=1S/C18H37N.CH4O3S/c1-3-5-7-8-9-10-11-15-19-16-12-14-18(17-19)13-6-4-2;1-5(2,3)4/h18H,3-17H2,1-2H3;1H3,(H,2,3,4). The van der Waals surface area contributed by atoms with E-state index in [-0.39, 0.29) is 0 Å². The lowest BCUT2D eigenvalue weighted by Gasteiger charge is -2.30. The summed E-state index contributed by atoms with van der Waals surface area (Å²) in [7, 11) is -3.92. The minimum atomic E-state index is -3.92. The van der Waals surface area contributed by atoms with Crippen molar-refractivity contribution in [1.82, 2.24) is 0 Å². The summed E-state index contributed by atoms with van der Waals surface area (Å²) in [5, 5.41) is 0. The van der Waals surface area contributed by atoms with Crippen molar-refractivity contribution in [1.29, 1.82) is 0 Å². The highest BCUT2D eigenvalue weighted by Gasteiger charge is 2.21. The number of hydrogen-bond acceptors (Lipinski definition) is 3. The van der Waals surface area contributed by atoms with Gasteiger partial charge in [0.15, 0.2) is 0 Å². The Morgan fingerprint density at radius 1 is 0.958 bits per heavy atom. The molecule has 1 heterocycles. The van der Waals surface area contributed by atoms with Crippen LogP contribution < -0.4 is 4.90 Å². The van der Waals surface area contributed by atoms with Gasteiger partial charge >= 0.3 is 0 Å². The Morgan fingerprint density at radius 2 is 1.50 bits per heavy atom. The summed E-state index contributed by atoms with van der Waals surface area (Å²) in [4.78, 5) is 1.92. The van der Waals surface area contributed by atoms with Crippen LogP contribution in [0, 0.1) is 5.92 Å². The molecule has 5 heteroatoms. The monoisotopic (exact) mass is 363 g/mol. The van der Waals surface area contributed by atoms with Gasteiger partial charge in [0, 0.05) is 12.2 Å². The first kappa shape index (κ1) is 23.9. The highest BCUT2D eigenvalue weighted by atomic mass is 32.2. The molecule has 0 amide bonds. The van der Waals surface area contributed by atoms with Crippen molar-refractivity contribution in [2.45, 2.75) is 90.9 Å². The van der Waals surface area contributed by atoms with Crippen LogP contribution in [0.15, 0.2) is 0 Å². The summed E-state index contributed by atoms with van der Waals surface area (Å²) in [5.74, 6) is 1.05. The van der Waals surface area contributed by atoms with Gasteiger partial charge in [0.25, 0.3) is 0 Å². The van der Waals surface area contributed by atoms with Crippen molar-refractivity contribution in [2.24, 2.45) is 5.92 Å². The van der Waals surface area contributed by atoms with Crippen LogP contribution in [0.3, 0.4) is 0 Å². The largest absolute Gasteiger partial charge is 0.748 e. The van der Waals surface area contributed by atoms with Gasteiger partial charge in [-0.05, 0) is 32.1 Å². The van der Waals surface area contributed by atoms with Gasteiger partial charge in [0.2, 0.25) is 0 Å². The van der Waals surface area contributed by atoms with E-state index in [0.29, 0.717) is 6.26 Å². The zero-order valence-corrected chi connectivity index (χ0v) is 17.1. The quantitative estimate of drug-likeness (QED) is 0.452. The van der Waals surface area contributed by atoms with Gasteiger partial charge in [-0.25, -0.2) is 8.42 Å². The number of piperidine rings is 1. The minimum absolute atomic E-state index is 0.604. The maximum Gasteiger partial charge on any atom is 0.0916 e. The fourth-order valence-corrected chi connectivity index (χ4v) is 3.55. The average Bonchev–Trinajstić information content (AvgIpc) is 2.51. The van der Waals surface area contributed by atoms with Crippen LogP contribution >= 0.6 is 0 Å². The van der Waals surface area contributed by atoms with Gasteiger partial charge in [0.1, 0.15) is 0 Å². The molecule has 0 aliphatic carbocycles. The maximum atomic E-state index is 9.08. The third kappa shape index (κ3) is 18.2. The third-order valence-corrected chi connectivity index (χ3v) is 4.82. The zero-order chi connectivity index (χ0) is 18.3. The molecule has 0 aromatic rings. The SMILES string of the molecule is CCCCCCCCC[NH+]1CCCC(CCCC)C1.CS(=O)(=O)[O-]. The first-order chi connectivity index (χ1) is 11.4. The van der Waals surface area contributed by atoms with E-state index in [4.69, 9.17) is 13.0 Å². The fraction of sp³-hybridized carbons (Fsp3) is 1.00. The predicted octanol–water partition coefficient (Wildman–Crippen LogP) is 3.38. The molecule has 0 bridgehead atoms.